The Hall–Kier alpha value is -1.99. The van der Waals surface area contributed by atoms with Crippen molar-refractivity contribution in [2.45, 2.75) is 40.7 Å². The van der Waals surface area contributed by atoms with Crippen LogP contribution in [-0.4, -0.2) is 61.9 Å². The third kappa shape index (κ3) is 3.10. The maximum Gasteiger partial charge on any atom is 0.168 e. The average molecular weight is 356 g/mol. The van der Waals surface area contributed by atoms with Crippen LogP contribution in [-0.2, 0) is 17.7 Å². The summed E-state index contributed by atoms with van der Waals surface area (Å²) in [7, 11) is 0. The smallest absolute Gasteiger partial charge is 0.168 e. The van der Waals surface area contributed by atoms with Gasteiger partial charge < -0.3 is 9.30 Å². The van der Waals surface area contributed by atoms with Gasteiger partial charge >= 0.3 is 0 Å². The zero-order valence-electron chi connectivity index (χ0n) is 16.2. The van der Waals surface area contributed by atoms with Gasteiger partial charge in [0, 0.05) is 38.3 Å². The normalized spacial score (nSPS) is 16.3. The summed E-state index contributed by atoms with van der Waals surface area (Å²) in [4.78, 5) is 12.0. The van der Waals surface area contributed by atoms with Crippen LogP contribution in [0.3, 0.4) is 0 Å². The van der Waals surface area contributed by atoms with Crippen molar-refractivity contribution in [2.24, 2.45) is 5.92 Å². The molecule has 1 aliphatic heterocycles. The van der Waals surface area contributed by atoms with E-state index in [4.69, 9.17) is 14.7 Å². The van der Waals surface area contributed by atoms with Gasteiger partial charge in [-0.2, -0.15) is 0 Å². The maximum absolute atomic E-state index is 5.45. The standard InChI is InChI=1S/C19H28N6O/c1-13(2)11-16-21-19-17-14(3)15(4)24(18(17)20-12-25(19)22-16)6-5-23-7-9-26-10-8-23/h12-13H,5-11H2,1-4H3. The van der Waals surface area contributed by atoms with Crippen molar-refractivity contribution >= 4 is 16.7 Å². The number of hydrogen-bond acceptors (Lipinski definition) is 5. The van der Waals surface area contributed by atoms with Crippen LogP contribution in [0.2, 0.25) is 0 Å². The average Bonchev–Trinajstić information content (AvgIpc) is 3.12. The molecule has 7 heteroatoms. The van der Waals surface area contributed by atoms with Crippen LogP contribution < -0.4 is 0 Å². The fraction of sp³-hybridized carbons (Fsp3) is 0.632. The first-order chi connectivity index (χ1) is 12.5. The first-order valence-electron chi connectivity index (χ1n) is 9.54. The fourth-order valence-electron chi connectivity index (χ4n) is 3.77. The maximum atomic E-state index is 5.45. The van der Waals surface area contributed by atoms with E-state index in [9.17, 15) is 0 Å². The van der Waals surface area contributed by atoms with Crippen molar-refractivity contribution in [3.8, 4) is 0 Å². The van der Waals surface area contributed by atoms with E-state index in [2.05, 4.69) is 42.3 Å². The molecule has 0 amide bonds. The second-order valence-electron chi connectivity index (χ2n) is 7.65. The molecule has 7 nitrogen and oxygen atoms in total. The fourth-order valence-corrected chi connectivity index (χ4v) is 3.77. The molecule has 0 aromatic carbocycles. The monoisotopic (exact) mass is 356 g/mol. The van der Waals surface area contributed by atoms with Crippen molar-refractivity contribution in [2.75, 3.05) is 32.8 Å². The summed E-state index contributed by atoms with van der Waals surface area (Å²) in [5.41, 5.74) is 4.46. The van der Waals surface area contributed by atoms with Gasteiger partial charge in [-0.1, -0.05) is 13.8 Å². The van der Waals surface area contributed by atoms with Gasteiger partial charge in [0.1, 0.15) is 12.0 Å². The minimum Gasteiger partial charge on any atom is -0.379 e. The van der Waals surface area contributed by atoms with Crippen LogP contribution >= 0.6 is 0 Å². The third-order valence-electron chi connectivity index (χ3n) is 5.32. The highest BCUT2D eigenvalue weighted by Crippen LogP contribution is 2.27. The number of aryl methyl sites for hydroxylation is 1. The predicted octanol–water partition coefficient (Wildman–Crippen LogP) is 2.23. The van der Waals surface area contributed by atoms with E-state index in [1.165, 1.54) is 11.3 Å². The van der Waals surface area contributed by atoms with Crippen LogP contribution in [0.15, 0.2) is 6.33 Å². The van der Waals surface area contributed by atoms with Gasteiger partial charge in [0.2, 0.25) is 0 Å². The number of hydrogen-bond donors (Lipinski definition) is 0. The van der Waals surface area contributed by atoms with Gasteiger partial charge in [-0.25, -0.2) is 14.5 Å². The van der Waals surface area contributed by atoms with Crippen molar-refractivity contribution < 1.29 is 4.74 Å². The van der Waals surface area contributed by atoms with Crippen molar-refractivity contribution in [1.82, 2.24) is 29.0 Å². The lowest BCUT2D eigenvalue weighted by Crippen LogP contribution is -2.38. The Kier molecular flexibility index (Phi) is 4.67. The molecule has 1 aliphatic rings. The van der Waals surface area contributed by atoms with E-state index in [0.717, 1.165) is 68.3 Å². The molecule has 0 spiro atoms. The molecule has 0 radical (unpaired) electrons. The summed E-state index contributed by atoms with van der Waals surface area (Å²) >= 11 is 0. The summed E-state index contributed by atoms with van der Waals surface area (Å²) in [5.74, 6) is 1.43. The number of fused-ring (bicyclic) bond motifs is 3. The Morgan fingerprint density at radius 2 is 1.88 bits per heavy atom. The summed E-state index contributed by atoms with van der Waals surface area (Å²) in [6.07, 6.45) is 2.69. The first kappa shape index (κ1) is 17.4. The molecule has 0 bridgehead atoms. The number of ether oxygens (including phenoxy) is 1. The Balaban J connectivity index is 1.70. The summed E-state index contributed by atoms with van der Waals surface area (Å²) in [5, 5.41) is 5.75. The summed E-state index contributed by atoms with van der Waals surface area (Å²) in [6, 6.07) is 0. The van der Waals surface area contributed by atoms with Gasteiger partial charge in [-0.15, -0.1) is 5.10 Å². The largest absolute Gasteiger partial charge is 0.379 e. The quantitative estimate of drug-likeness (QED) is 0.702. The molecular weight excluding hydrogens is 328 g/mol. The molecule has 0 saturated carbocycles. The lowest BCUT2D eigenvalue weighted by atomic mass is 10.1. The molecule has 26 heavy (non-hydrogen) atoms. The second-order valence-corrected chi connectivity index (χ2v) is 7.65. The van der Waals surface area contributed by atoms with Crippen LogP contribution in [0.25, 0.3) is 16.7 Å². The summed E-state index contributed by atoms with van der Waals surface area (Å²) < 4.78 is 9.61. The van der Waals surface area contributed by atoms with Crippen molar-refractivity contribution in [3.63, 3.8) is 0 Å². The summed E-state index contributed by atoms with van der Waals surface area (Å²) in [6.45, 7) is 14.4. The number of aromatic nitrogens is 5. The number of rotatable bonds is 5. The van der Waals surface area contributed by atoms with Gasteiger partial charge in [0.25, 0.3) is 0 Å². The van der Waals surface area contributed by atoms with E-state index in [0.29, 0.717) is 5.92 Å². The lowest BCUT2D eigenvalue weighted by Gasteiger charge is -2.26. The Morgan fingerprint density at radius 3 is 2.62 bits per heavy atom. The molecule has 3 aromatic rings. The van der Waals surface area contributed by atoms with E-state index in [-0.39, 0.29) is 0 Å². The Morgan fingerprint density at radius 1 is 1.12 bits per heavy atom. The Labute approximate surface area is 154 Å². The highest BCUT2D eigenvalue weighted by atomic mass is 16.5. The van der Waals surface area contributed by atoms with E-state index >= 15 is 0 Å². The minimum absolute atomic E-state index is 0.539. The molecule has 0 N–H and O–H groups in total. The molecular formula is C19H28N6O. The van der Waals surface area contributed by atoms with Gasteiger partial charge in [0.05, 0.1) is 18.6 Å². The molecule has 0 atom stereocenters. The van der Waals surface area contributed by atoms with Crippen LogP contribution in [0.4, 0.5) is 0 Å². The minimum atomic E-state index is 0.539. The van der Waals surface area contributed by atoms with Crippen LogP contribution in [0.5, 0.6) is 0 Å². The molecule has 0 unspecified atom stereocenters. The molecule has 4 rings (SSSR count). The Bertz CT molecular complexity index is 919. The van der Waals surface area contributed by atoms with Crippen LogP contribution in [0.1, 0.15) is 30.9 Å². The zero-order chi connectivity index (χ0) is 18.3. The first-order valence-corrected chi connectivity index (χ1v) is 9.54. The van der Waals surface area contributed by atoms with Crippen molar-refractivity contribution in [1.29, 1.82) is 0 Å². The number of morpholine rings is 1. The lowest BCUT2D eigenvalue weighted by molar-refractivity contribution is 0.0364. The van der Waals surface area contributed by atoms with E-state index < -0.39 is 0 Å². The van der Waals surface area contributed by atoms with Crippen molar-refractivity contribution in [3.05, 3.63) is 23.4 Å². The molecule has 140 valence electrons. The topological polar surface area (TPSA) is 60.5 Å². The van der Waals surface area contributed by atoms with Crippen LogP contribution in [0, 0.1) is 19.8 Å². The second kappa shape index (κ2) is 6.96. The van der Waals surface area contributed by atoms with E-state index in [1.54, 1.807) is 6.33 Å². The molecule has 0 aliphatic carbocycles. The van der Waals surface area contributed by atoms with Gasteiger partial charge in [0.15, 0.2) is 11.5 Å². The molecule has 4 heterocycles. The molecule has 1 saturated heterocycles. The van der Waals surface area contributed by atoms with Gasteiger partial charge in [-0.3, -0.25) is 4.90 Å². The number of nitrogens with zero attached hydrogens (tertiary/aromatic N) is 6. The van der Waals surface area contributed by atoms with E-state index in [1.807, 2.05) is 4.52 Å². The third-order valence-corrected chi connectivity index (χ3v) is 5.32. The van der Waals surface area contributed by atoms with Gasteiger partial charge in [-0.05, 0) is 25.3 Å². The zero-order valence-corrected chi connectivity index (χ0v) is 16.2. The SMILES string of the molecule is Cc1c(C)n(CCN2CCOCC2)c2ncn3nc(CC(C)C)nc3c12. The molecule has 1 fully saturated rings. The highest BCUT2D eigenvalue weighted by molar-refractivity contribution is 5.93. The predicted molar refractivity (Wildman–Crippen MR) is 102 cm³/mol. The highest BCUT2D eigenvalue weighted by Gasteiger charge is 2.19. The molecule has 3 aromatic heterocycles.